The number of nitrogens with zero attached hydrogens (tertiary/aromatic N) is 4. The zero-order valence-corrected chi connectivity index (χ0v) is 14.5. The van der Waals surface area contributed by atoms with Crippen molar-refractivity contribution in [3.05, 3.63) is 36.2 Å². The van der Waals surface area contributed by atoms with Gasteiger partial charge in [-0.1, -0.05) is 0 Å². The van der Waals surface area contributed by atoms with E-state index in [2.05, 4.69) is 14.9 Å². The van der Waals surface area contributed by atoms with Crippen LogP contribution in [0.4, 0.5) is 5.69 Å². The molecule has 1 atom stereocenters. The number of morpholine rings is 1. The Morgan fingerprint density at radius 2 is 2.12 bits per heavy atom. The number of ether oxygens (including phenoxy) is 1. The molecule has 0 N–H and O–H groups in total. The molecule has 2 aromatic heterocycles. The van der Waals surface area contributed by atoms with Gasteiger partial charge in [-0.05, 0) is 25.8 Å². The van der Waals surface area contributed by atoms with Gasteiger partial charge in [-0.15, -0.1) is 0 Å². The molecule has 1 saturated heterocycles. The Kier molecular flexibility index (Phi) is 5.18. The topological polar surface area (TPSA) is 83.3 Å². The van der Waals surface area contributed by atoms with Crippen molar-refractivity contribution in [2.75, 3.05) is 24.6 Å². The van der Waals surface area contributed by atoms with Gasteiger partial charge < -0.3 is 24.1 Å². The fourth-order valence-electron chi connectivity index (χ4n) is 3.10. The van der Waals surface area contributed by atoms with Gasteiger partial charge in [0.1, 0.15) is 0 Å². The summed E-state index contributed by atoms with van der Waals surface area (Å²) in [6.45, 7) is 4.15. The summed E-state index contributed by atoms with van der Waals surface area (Å²) in [7, 11) is 0. The summed E-state index contributed by atoms with van der Waals surface area (Å²) >= 11 is 0. The fourth-order valence-corrected chi connectivity index (χ4v) is 3.10. The van der Waals surface area contributed by atoms with Crippen LogP contribution in [-0.2, 0) is 4.74 Å². The molecule has 1 aliphatic carbocycles. The van der Waals surface area contributed by atoms with Crippen molar-refractivity contribution in [1.29, 1.82) is 0 Å². The Bertz CT molecular complexity index is 775. The summed E-state index contributed by atoms with van der Waals surface area (Å²) in [6.07, 6.45) is 7.80. The Balaban J connectivity index is 0.00000182. The van der Waals surface area contributed by atoms with Crippen molar-refractivity contribution in [2.45, 2.75) is 31.8 Å². The van der Waals surface area contributed by atoms with Crippen molar-refractivity contribution in [1.82, 2.24) is 14.5 Å². The Labute approximate surface area is 158 Å². The maximum atomic E-state index is 11.2. The van der Waals surface area contributed by atoms with E-state index >= 15 is 0 Å². The van der Waals surface area contributed by atoms with Gasteiger partial charge in [0, 0.05) is 25.2 Å². The van der Waals surface area contributed by atoms with Crippen molar-refractivity contribution in [3.63, 3.8) is 0 Å². The molecule has 8 heteroatoms. The van der Waals surface area contributed by atoms with E-state index in [0.717, 1.165) is 30.2 Å². The van der Waals surface area contributed by atoms with Crippen LogP contribution in [0.2, 0.25) is 0 Å². The third-order valence-corrected chi connectivity index (χ3v) is 4.53. The summed E-state index contributed by atoms with van der Waals surface area (Å²) in [6, 6.07) is 1.56. The third kappa shape index (κ3) is 3.74. The second-order valence-electron chi connectivity index (χ2n) is 6.45. The van der Waals surface area contributed by atoms with Gasteiger partial charge >= 0.3 is 18.9 Å². The SMILES string of the molecule is C[C@@H]1CN(c2cnc(C(=O)[O-])cc2-n2cnc(C3CC3)c2)CCO1.[Li+]. The number of pyridine rings is 1. The van der Waals surface area contributed by atoms with Crippen LogP contribution >= 0.6 is 0 Å². The van der Waals surface area contributed by atoms with Crippen LogP contribution < -0.4 is 28.9 Å². The number of aromatic carboxylic acids is 1. The predicted octanol–water partition coefficient (Wildman–Crippen LogP) is -2.26. The molecule has 2 aromatic rings. The first kappa shape index (κ1) is 18.0. The molecule has 0 radical (unpaired) electrons. The molecule has 0 aromatic carbocycles. The number of carbonyl (C=O) groups is 1. The molecule has 3 heterocycles. The van der Waals surface area contributed by atoms with E-state index in [-0.39, 0.29) is 30.7 Å². The molecule has 1 saturated carbocycles. The van der Waals surface area contributed by atoms with E-state index in [9.17, 15) is 9.90 Å². The number of hydrogen-bond donors (Lipinski definition) is 0. The van der Waals surface area contributed by atoms with Gasteiger partial charge in [0.15, 0.2) is 0 Å². The van der Waals surface area contributed by atoms with Gasteiger partial charge in [0.2, 0.25) is 0 Å². The smallest absolute Gasteiger partial charge is 0.543 e. The summed E-state index contributed by atoms with van der Waals surface area (Å²) in [5, 5.41) is 11.2. The number of rotatable bonds is 4. The number of carbonyl (C=O) groups excluding carboxylic acids is 1. The van der Waals surface area contributed by atoms with Crippen LogP contribution in [0, 0.1) is 0 Å². The van der Waals surface area contributed by atoms with Crippen molar-refractivity contribution in [2.24, 2.45) is 0 Å². The summed E-state index contributed by atoms with van der Waals surface area (Å²) in [4.78, 5) is 21.9. The molecule has 0 amide bonds. The van der Waals surface area contributed by atoms with Crippen molar-refractivity contribution >= 4 is 11.7 Å². The summed E-state index contributed by atoms with van der Waals surface area (Å²) < 4.78 is 7.48. The van der Waals surface area contributed by atoms with Gasteiger partial charge in [0.25, 0.3) is 0 Å². The Morgan fingerprint density at radius 3 is 2.80 bits per heavy atom. The van der Waals surface area contributed by atoms with Gasteiger partial charge in [-0.25, -0.2) is 4.98 Å². The van der Waals surface area contributed by atoms with E-state index in [4.69, 9.17) is 4.74 Å². The molecule has 2 aliphatic rings. The normalized spacial score (nSPS) is 20.2. The van der Waals surface area contributed by atoms with E-state index < -0.39 is 5.97 Å². The minimum atomic E-state index is -1.28. The summed E-state index contributed by atoms with van der Waals surface area (Å²) in [5.74, 6) is -0.735. The average Bonchev–Trinajstić information content (AvgIpc) is 3.31. The molecule has 25 heavy (non-hydrogen) atoms. The number of carboxylic acid groups (broad SMARTS) is 1. The largest absolute Gasteiger partial charge is 1.00 e. The van der Waals surface area contributed by atoms with Gasteiger partial charge in [-0.2, -0.15) is 0 Å². The predicted molar refractivity (Wildman–Crippen MR) is 85.3 cm³/mol. The minimum absolute atomic E-state index is 0. The Hall–Kier alpha value is -1.81. The molecule has 0 spiro atoms. The molecule has 1 aliphatic heterocycles. The van der Waals surface area contributed by atoms with Gasteiger partial charge in [-0.3, -0.25) is 4.98 Å². The molecule has 4 rings (SSSR count). The maximum absolute atomic E-state index is 11.2. The zero-order chi connectivity index (χ0) is 16.7. The van der Waals surface area contributed by atoms with E-state index in [1.54, 1.807) is 18.6 Å². The second kappa shape index (κ2) is 7.20. The number of carboxylic acids is 1. The van der Waals surface area contributed by atoms with E-state index in [1.165, 1.54) is 12.8 Å². The minimum Gasteiger partial charge on any atom is -0.543 e. The molecule has 7 nitrogen and oxygen atoms in total. The first-order valence-electron chi connectivity index (χ1n) is 8.24. The summed E-state index contributed by atoms with van der Waals surface area (Å²) in [5.41, 5.74) is 2.63. The number of anilines is 1. The molecule has 2 fully saturated rings. The van der Waals surface area contributed by atoms with Crippen LogP contribution in [0.25, 0.3) is 5.69 Å². The van der Waals surface area contributed by atoms with Crippen LogP contribution in [-0.4, -0.2) is 46.3 Å². The van der Waals surface area contributed by atoms with Gasteiger partial charge in [0.05, 0.1) is 54.0 Å². The molecule has 0 unspecified atom stereocenters. The Morgan fingerprint density at radius 1 is 1.32 bits per heavy atom. The first-order valence-corrected chi connectivity index (χ1v) is 8.24. The second-order valence-corrected chi connectivity index (χ2v) is 6.45. The van der Waals surface area contributed by atoms with Crippen LogP contribution in [0.5, 0.6) is 0 Å². The van der Waals surface area contributed by atoms with Crippen LogP contribution in [0.3, 0.4) is 0 Å². The fraction of sp³-hybridized carbons (Fsp3) is 0.471. The van der Waals surface area contributed by atoms with Crippen LogP contribution in [0.15, 0.2) is 24.8 Å². The number of imidazole rings is 1. The quantitative estimate of drug-likeness (QED) is 0.587. The zero-order valence-electron chi connectivity index (χ0n) is 14.5. The van der Waals surface area contributed by atoms with Crippen molar-refractivity contribution < 1.29 is 33.5 Å². The first-order chi connectivity index (χ1) is 11.6. The number of aromatic nitrogens is 3. The standard InChI is InChI=1S/C17H20N4O3.Li/c1-11-8-20(4-5-24-11)16-7-18-13(17(22)23)6-15(16)21-9-14(19-10-21)12-2-3-12;/h6-7,9-12H,2-5,8H2,1H3,(H,22,23);/q;+1/p-1/t11-;/m1./s1. The number of hydrogen-bond acceptors (Lipinski definition) is 6. The monoisotopic (exact) mass is 334 g/mol. The van der Waals surface area contributed by atoms with E-state index in [1.807, 2.05) is 17.7 Å². The third-order valence-electron chi connectivity index (χ3n) is 4.53. The average molecular weight is 334 g/mol. The molecule has 0 bridgehead atoms. The molecular formula is C17H19LiN4O3. The maximum Gasteiger partial charge on any atom is 1.00 e. The van der Waals surface area contributed by atoms with E-state index in [0.29, 0.717) is 12.5 Å². The molecular weight excluding hydrogens is 315 g/mol. The molecule has 126 valence electrons. The van der Waals surface area contributed by atoms with Crippen molar-refractivity contribution in [3.8, 4) is 5.69 Å². The van der Waals surface area contributed by atoms with Crippen LogP contribution in [0.1, 0.15) is 41.9 Å².